The zero-order chi connectivity index (χ0) is 21.4. The van der Waals surface area contributed by atoms with Crippen LogP contribution in [0.1, 0.15) is 46.9 Å². The van der Waals surface area contributed by atoms with Crippen molar-refractivity contribution >= 4 is 5.91 Å². The van der Waals surface area contributed by atoms with Gasteiger partial charge in [0.15, 0.2) is 0 Å². The molecule has 1 spiro atoms. The highest BCUT2D eigenvalue weighted by molar-refractivity contribution is 5.95. The SMILES string of the molecule is Cc1nn(-c2ccccc2)cc1C(=O)NC1CC2(CCN(C)CC2)Oc2ccccc21. The van der Waals surface area contributed by atoms with Crippen LogP contribution in [-0.4, -0.2) is 46.3 Å². The summed E-state index contributed by atoms with van der Waals surface area (Å²) >= 11 is 0. The molecule has 1 N–H and O–H groups in total. The van der Waals surface area contributed by atoms with Crippen molar-refractivity contribution in [1.82, 2.24) is 20.0 Å². The zero-order valence-electron chi connectivity index (χ0n) is 18.0. The van der Waals surface area contributed by atoms with Gasteiger partial charge in [0.1, 0.15) is 11.4 Å². The van der Waals surface area contributed by atoms with Gasteiger partial charge in [-0.1, -0.05) is 36.4 Å². The summed E-state index contributed by atoms with van der Waals surface area (Å²) in [5.74, 6) is 0.796. The fraction of sp³-hybridized carbons (Fsp3) is 0.360. The topological polar surface area (TPSA) is 59.4 Å². The van der Waals surface area contributed by atoms with E-state index in [0.29, 0.717) is 5.56 Å². The Hall–Kier alpha value is -3.12. The standard InChI is InChI=1S/C25H28N4O2/c1-18-21(17-29(27-18)19-8-4-3-5-9-19)24(30)26-22-16-25(12-14-28(2)15-13-25)31-23-11-7-6-10-20(22)23/h3-11,17,22H,12-16H2,1-2H3,(H,26,30). The Balaban J connectivity index is 1.41. The molecule has 0 saturated carbocycles. The quantitative estimate of drug-likeness (QED) is 0.704. The molecule has 0 radical (unpaired) electrons. The summed E-state index contributed by atoms with van der Waals surface area (Å²) in [4.78, 5) is 15.6. The second-order valence-electron chi connectivity index (χ2n) is 8.76. The first kappa shape index (κ1) is 19.8. The Morgan fingerprint density at radius 3 is 2.58 bits per heavy atom. The number of benzene rings is 2. The first-order chi connectivity index (χ1) is 15.0. The second kappa shape index (κ2) is 7.85. The Bertz CT molecular complexity index is 1080. The molecule has 1 fully saturated rings. The van der Waals surface area contributed by atoms with E-state index in [0.717, 1.165) is 55.0 Å². The number of nitrogens with zero attached hydrogens (tertiary/aromatic N) is 3. The van der Waals surface area contributed by atoms with Gasteiger partial charge in [0.25, 0.3) is 5.91 Å². The van der Waals surface area contributed by atoms with Crippen molar-refractivity contribution < 1.29 is 9.53 Å². The van der Waals surface area contributed by atoms with E-state index in [9.17, 15) is 4.79 Å². The van der Waals surface area contributed by atoms with E-state index in [-0.39, 0.29) is 17.6 Å². The maximum atomic E-state index is 13.3. The molecule has 3 aromatic rings. The number of fused-ring (bicyclic) bond motifs is 1. The summed E-state index contributed by atoms with van der Waals surface area (Å²) in [6.45, 7) is 3.89. The van der Waals surface area contributed by atoms with Crippen LogP contribution in [0.3, 0.4) is 0 Å². The Morgan fingerprint density at radius 1 is 1.10 bits per heavy atom. The predicted octanol–water partition coefficient (Wildman–Crippen LogP) is 3.90. The molecule has 0 aliphatic carbocycles. The number of likely N-dealkylation sites (tertiary alicyclic amines) is 1. The van der Waals surface area contributed by atoms with Gasteiger partial charge < -0.3 is 15.0 Å². The van der Waals surface area contributed by atoms with Crippen LogP contribution in [0.2, 0.25) is 0 Å². The number of hydrogen-bond donors (Lipinski definition) is 1. The minimum Gasteiger partial charge on any atom is -0.487 e. The zero-order valence-corrected chi connectivity index (χ0v) is 18.0. The van der Waals surface area contributed by atoms with E-state index in [2.05, 4.69) is 28.4 Å². The Morgan fingerprint density at radius 2 is 1.81 bits per heavy atom. The van der Waals surface area contributed by atoms with Crippen molar-refractivity contribution in [1.29, 1.82) is 0 Å². The molecule has 6 nitrogen and oxygen atoms in total. The van der Waals surface area contributed by atoms with Crippen molar-refractivity contribution in [2.45, 2.75) is 37.8 Å². The second-order valence-corrected chi connectivity index (χ2v) is 8.76. The van der Waals surface area contributed by atoms with E-state index in [1.54, 1.807) is 4.68 Å². The maximum Gasteiger partial charge on any atom is 0.255 e. The van der Waals surface area contributed by atoms with Crippen LogP contribution >= 0.6 is 0 Å². The molecule has 1 amide bonds. The van der Waals surface area contributed by atoms with Gasteiger partial charge in [-0.3, -0.25) is 4.79 Å². The minimum absolute atomic E-state index is 0.0830. The average Bonchev–Trinajstić information content (AvgIpc) is 3.18. The number of carbonyl (C=O) groups is 1. The van der Waals surface area contributed by atoms with E-state index in [1.165, 1.54) is 0 Å². The van der Waals surface area contributed by atoms with Crippen molar-refractivity contribution in [2.75, 3.05) is 20.1 Å². The molecule has 2 aliphatic rings. The van der Waals surface area contributed by atoms with Gasteiger partial charge in [-0.05, 0) is 45.0 Å². The van der Waals surface area contributed by atoms with Gasteiger partial charge in [-0.2, -0.15) is 5.10 Å². The van der Waals surface area contributed by atoms with Gasteiger partial charge in [0.2, 0.25) is 0 Å². The van der Waals surface area contributed by atoms with E-state index in [4.69, 9.17) is 4.74 Å². The summed E-state index contributed by atoms with van der Waals surface area (Å²) in [7, 11) is 2.15. The smallest absolute Gasteiger partial charge is 0.255 e. The molecule has 160 valence electrons. The molecule has 2 aliphatic heterocycles. The number of rotatable bonds is 3. The van der Waals surface area contributed by atoms with Crippen LogP contribution in [-0.2, 0) is 0 Å². The molecule has 1 aromatic heterocycles. The number of nitrogens with one attached hydrogen (secondary N) is 1. The maximum absolute atomic E-state index is 13.3. The van der Waals surface area contributed by atoms with Crippen molar-refractivity contribution in [2.24, 2.45) is 0 Å². The van der Waals surface area contributed by atoms with Crippen LogP contribution in [0.15, 0.2) is 60.8 Å². The largest absolute Gasteiger partial charge is 0.487 e. The Kier molecular flexibility index (Phi) is 5.02. The van der Waals surface area contributed by atoms with E-state index < -0.39 is 0 Å². The lowest BCUT2D eigenvalue weighted by atomic mass is 9.80. The van der Waals surface area contributed by atoms with Gasteiger partial charge >= 0.3 is 0 Å². The van der Waals surface area contributed by atoms with Gasteiger partial charge in [0, 0.05) is 31.3 Å². The van der Waals surface area contributed by atoms with Crippen LogP contribution in [0.25, 0.3) is 5.69 Å². The predicted molar refractivity (Wildman–Crippen MR) is 120 cm³/mol. The molecule has 1 unspecified atom stereocenters. The minimum atomic E-state index is -0.220. The van der Waals surface area contributed by atoms with Crippen molar-refractivity contribution in [3.8, 4) is 11.4 Å². The molecule has 3 heterocycles. The third-order valence-corrected chi connectivity index (χ3v) is 6.56. The molecule has 6 heteroatoms. The highest BCUT2D eigenvalue weighted by Crippen LogP contribution is 2.44. The number of amides is 1. The lowest BCUT2D eigenvalue weighted by Crippen LogP contribution is -2.51. The van der Waals surface area contributed by atoms with Crippen molar-refractivity contribution in [3.63, 3.8) is 0 Å². The molecule has 2 aromatic carbocycles. The van der Waals surface area contributed by atoms with Crippen LogP contribution in [0, 0.1) is 6.92 Å². The van der Waals surface area contributed by atoms with Crippen LogP contribution < -0.4 is 10.1 Å². The summed E-state index contributed by atoms with van der Waals surface area (Å²) in [6, 6.07) is 17.9. The Labute approximate surface area is 182 Å². The number of para-hydroxylation sites is 2. The third-order valence-electron chi connectivity index (χ3n) is 6.56. The van der Waals surface area contributed by atoms with Crippen LogP contribution in [0.5, 0.6) is 5.75 Å². The fourth-order valence-electron chi connectivity index (χ4n) is 4.71. The lowest BCUT2D eigenvalue weighted by molar-refractivity contribution is -0.0195. The molecule has 31 heavy (non-hydrogen) atoms. The fourth-order valence-corrected chi connectivity index (χ4v) is 4.71. The number of carbonyl (C=O) groups excluding carboxylic acids is 1. The highest BCUT2D eigenvalue weighted by atomic mass is 16.5. The number of aryl methyl sites for hydroxylation is 1. The van der Waals surface area contributed by atoms with Crippen LogP contribution in [0.4, 0.5) is 0 Å². The van der Waals surface area contributed by atoms with E-state index >= 15 is 0 Å². The normalized spacial score (nSPS) is 20.1. The molecular weight excluding hydrogens is 388 g/mol. The number of piperidine rings is 1. The molecule has 0 bridgehead atoms. The van der Waals surface area contributed by atoms with Gasteiger partial charge in [0.05, 0.1) is 23.0 Å². The average molecular weight is 417 g/mol. The van der Waals surface area contributed by atoms with Crippen molar-refractivity contribution in [3.05, 3.63) is 77.6 Å². The number of hydrogen-bond acceptors (Lipinski definition) is 4. The third kappa shape index (κ3) is 3.83. The summed E-state index contributed by atoms with van der Waals surface area (Å²) in [5, 5.41) is 7.85. The molecule has 5 rings (SSSR count). The van der Waals surface area contributed by atoms with E-state index in [1.807, 2.05) is 61.7 Å². The molecular formula is C25H28N4O2. The van der Waals surface area contributed by atoms with Gasteiger partial charge in [-0.15, -0.1) is 0 Å². The first-order valence-electron chi connectivity index (χ1n) is 10.9. The monoisotopic (exact) mass is 416 g/mol. The number of aromatic nitrogens is 2. The summed E-state index contributed by atoms with van der Waals surface area (Å²) in [6.07, 6.45) is 4.54. The number of ether oxygens (including phenoxy) is 1. The van der Waals surface area contributed by atoms with Gasteiger partial charge in [-0.25, -0.2) is 4.68 Å². The summed E-state index contributed by atoms with van der Waals surface area (Å²) < 4.78 is 8.28. The first-order valence-corrected chi connectivity index (χ1v) is 10.9. The molecule has 1 saturated heterocycles. The summed E-state index contributed by atoms with van der Waals surface area (Å²) in [5.41, 5.74) is 3.09. The molecule has 1 atom stereocenters. The lowest BCUT2D eigenvalue weighted by Gasteiger charge is -2.46. The highest BCUT2D eigenvalue weighted by Gasteiger charge is 2.43.